The minimum absolute atomic E-state index is 0.0720. The zero-order valence-electron chi connectivity index (χ0n) is 15.5. The molecule has 0 bridgehead atoms. The van der Waals surface area contributed by atoms with Gasteiger partial charge in [0.1, 0.15) is 0 Å². The van der Waals surface area contributed by atoms with Crippen molar-refractivity contribution in [1.82, 2.24) is 4.90 Å². The van der Waals surface area contributed by atoms with Gasteiger partial charge in [-0.2, -0.15) is 0 Å². The maximum atomic E-state index is 12.1. The molecule has 0 aromatic heterocycles. The van der Waals surface area contributed by atoms with Gasteiger partial charge < -0.3 is 10.0 Å². The number of thioether (sulfide) groups is 1. The fraction of sp³-hybridized carbons (Fsp3) is 0.476. The Bertz CT molecular complexity index is 659. The highest BCUT2D eigenvalue weighted by atomic mass is 32.2. The van der Waals surface area contributed by atoms with Gasteiger partial charge in [-0.1, -0.05) is 43.2 Å². The number of ketones is 1. The first-order valence-electron chi connectivity index (χ1n) is 9.44. The summed E-state index contributed by atoms with van der Waals surface area (Å²) in [6, 6.07) is 9.92. The highest BCUT2D eigenvalue weighted by Crippen LogP contribution is 2.26. The van der Waals surface area contributed by atoms with Crippen molar-refractivity contribution >= 4 is 29.4 Å². The Kier molecular flexibility index (Phi) is 9.11. The fourth-order valence-corrected chi connectivity index (χ4v) is 4.05. The van der Waals surface area contributed by atoms with Crippen molar-refractivity contribution in [1.29, 1.82) is 0 Å². The molecule has 0 spiro atoms. The largest absolute Gasteiger partial charge is 0.481 e. The van der Waals surface area contributed by atoms with Gasteiger partial charge in [0.2, 0.25) is 5.91 Å². The molecule has 27 heavy (non-hydrogen) atoms. The topological polar surface area (TPSA) is 74.7 Å². The summed E-state index contributed by atoms with van der Waals surface area (Å²) in [7, 11) is 0. The summed E-state index contributed by atoms with van der Waals surface area (Å²) in [5, 5.41) is 8.56. The Morgan fingerprint density at radius 2 is 1.85 bits per heavy atom. The fourth-order valence-electron chi connectivity index (χ4n) is 2.98. The molecule has 1 unspecified atom stereocenters. The van der Waals surface area contributed by atoms with Gasteiger partial charge in [0.25, 0.3) is 0 Å². The van der Waals surface area contributed by atoms with Crippen LogP contribution in [0.25, 0.3) is 0 Å². The minimum atomic E-state index is -0.761. The summed E-state index contributed by atoms with van der Waals surface area (Å²) < 4.78 is 0. The van der Waals surface area contributed by atoms with Crippen molar-refractivity contribution in [2.24, 2.45) is 0 Å². The number of carbonyl (C=O) groups is 3. The van der Waals surface area contributed by atoms with E-state index < -0.39 is 5.97 Å². The first-order valence-corrected chi connectivity index (χ1v) is 10.5. The molecule has 146 valence electrons. The third-order valence-corrected chi connectivity index (χ3v) is 5.66. The maximum absolute atomic E-state index is 12.1. The Morgan fingerprint density at radius 3 is 2.59 bits per heavy atom. The number of hydrogen-bond acceptors (Lipinski definition) is 4. The molecule has 0 radical (unpaired) electrons. The van der Waals surface area contributed by atoms with Crippen molar-refractivity contribution in [2.45, 2.75) is 50.3 Å². The van der Waals surface area contributed by atoms with E-state index in [1.165, 1.54) is 0 Å². The van der Waals surface area contributed by atoms with Crippen LogP contribution in [-0.2, 0) is 20.8 Å². The van der Waals surface area contributed by atoms with Crippen LogP contribution in [0.5, 0.6) is 0 Å². The van der Waals surface area contributed by atoms with Crippen LogP contribution < -0.4 is 0 Å². The molecule has 1 N–H and O–H groups in total. The van der Waals surface area contributed by atoms with Crippen LogP contribution in [0, 0.1) is 0 Å². The molecule has 1 atom stereocenters. The molecule has 0 saturated carbocycles. The first-order chi connectivity index (χ1) is 13.1. The number of carboxylic acid groups (broad SMARTS) is 1. The van der Waals surface area contributed by atoms with Gasteiger partial charge in [-0.05, 0) is 37.0 Å². The van der Waals surface area contributed by atoms with Gasteiger partial charge in [0.15, 0.2) is 5.78 Å². The molecule has 6 heteroatoms. The number of allylic oxidation sites excluding steroid dienone is 1. The molecule has 1 aromatic rings. The minimum Gasteiger partial charge on any atom is -0.481 e. The molecular formula is C21H27NO4S. The number of benzene rings is 1. The smallest absolute Gasteiger partial charge is 0.303 e. The number of rotatable bonds is 12. The second kappa shape index (κ2) is 11.6. The van der Waals surface area contributed by atoms with E-state index >= 15 is 0 Å². The van der Waals surface area contributed by atoms with E-state index in [2.05, 4.69) is 0 Å². The van der Waals surface area contributed by atoms with Crippen molar-refractivity contribution < 1.29 is 19.5 Å². The van der Waals surface area contributed by atoms with Crippen LogP contribution in [0.4, 0.5) is 0 Å². The number of amides is 1. The number of nitrogens with zero attached hydrogens (tertiary/aromatic N) is 1. The van der Waals surface area contributed by atoms with Gasteiger partial charge in [-0.3, -0.25) is 14.4 Å². The number of unbranched alkanes of at least 4 members (excludes halogenated alkanes) is 3. The third-order valence-electron chi connectivity index (χ3n) is 4.49. The number of carboxylic acids is 1. The Labute approximate surface area is 164 Å². The molecule has 1 aromatic carbocycles. The van der Waals surface area contributed by atoms with E-state index in [-0.39, 0.29) is 23.5 Å². The van der Waals surface area contributed by atoms with Crippen LogP contribution in [0.15, 0.2) is 42.5 Å². The molecule has 1 aliphatic rings. The summed E-state index contributed by atoms with van der Waals surface area (Å²) in [5.74, 6) is -0.126. The highest BCUT2D eigenvalue weighted by molar-refractivity contribution is 8.01. The highest BCUT2D eigenvalue weighted by Gasteiger charge is 2.29. The average Bonchev–Trinajstić information content (AvgIpc) is 3.01. The van der Waals surface area contributed by atoms with Gasteiger partial charge in [0, 0.05) is 19.4 Å². The van der Waals surface area contributed by atoms with Crippen molar-refractivity contribution in [2.75, 3.05) is 12.3 Å². The quantitative estimate of drug-likeness (QED) is 0.436. The third kappa shape index (κ3) is 7.99. The molecule has 5 nitrogen and oxygen atoms in total. The van der Waals surface area contributed by atoms with Crippen LogP contribution in [-0.4, -0.2) is 45.3 Å². The van der Waals surface area contributed by atoms with Gasteiger partial charge in [0.05, 0.1) is 11.1 Å². The van der Waals surface area contributed by atoms with Gasteiger partial charge in [-0.25, -0.2) is 0 Å². The van der Waals surface area contributed by atoms with Crippen molar-refractivity contribution in [3.8, 4) is 0 Å². The van der Waals surface area contributed by atoms with E-state index in [0.29, 0.717) is 25.1 Å². The summed E-state index contributed by atoms with van der Waals surface area (Å²) >= 11 is 1.55. The average molecular weight is 390 g/mol. The Morgan fingerprint density at radius 1 is 1.11 bits per heavy atom. The molecule has 0 aliphatic carbocycles. The second-order valence-corrected chi connectivity index (χ2v) is 7.76. The standard InChI is InChI=1S/C21H27NO4S/c23-18(12-11-17-8-4-3-5-9-17)13-14-20-22(19(24)16-27-20)15-7-2-1-6-10-21(25)26/h3-5,8-9,13-14,20H,1-2,6-7,10-12,15-16H2,(H,25,26). The van der Waals surface area contributed by atoms with Crippen molar-refractivity contribution in [3.05, 3.63) is 48.0 Å². The van der Waals surface area contributed by atoms with Crippen LogP contribution in [0.3, 0.4) is 0 Å². The summed E-state index contributed by atoms with van der Waals surface area (Å²) in [4.78, 5) is 36.5. The SMILES string of the molecule is O=C(O)CCCCCCN1C(=O)CSC1C=CC(=O)CCc1ccccc1. The number of hydrogen-bond donors (Lipinski definition) is 1. The predicted octanol–water partition coefficient (Wildman–Crippen LogP) is 3.68. The lowest BCUT2D eigenvalue weighted by molar-refractivity contribution is -0.137. The molecule has 2 rings (SSSR count). The molecular weight excluding hydrogens is 362 g/mol. The zero-order chi connectivity index (χ0) is 19.5. The molecule has 1 amide bonds. The molecule has 1 heterocycles. The molecule has 1 aliphatic heterocycles. The summed E-state index contributed by atoms with van der Waals surface area (Å²) in [6.07, 6.45) is 8.15. The first kappa shape index (κ1) is 21.2. The lowest BCUT2D eigenvalue weighted by atomic mass is 10.1. The molecule has 1 fully saturated rings. The Balaban J connectivity index is 1.71. The summed E-state index contributed by atoms with van der Waals surface area (Å²) in [6.45, 7) is 0.659. The second-order valence-electron chi connectivity index (χ2n) is 6.66. The maximum Gasteiger partial charge on any atom is 0.303 e. The van der Waals surface area contributed by atoms with E-state index in [1.54, 1.807) is 17.8 Å². The lowest BCUT2D eigenvalue weighted by Crippen LogP contribution is -2.32. The van der Waals surface area contributed by atoms with Crippen LogP contribution in [0.2, 0.25) is 0 Å². The normalized spacial score (nSPS) is 17.0. The molecule has 1 saturated heterocycles. The van der Waals surface area contributed by atoms with Crippen molar-refractivity contribution in [3.63, 3.8) is 0 Å². The predicted molar refractivity (Wildman–Crippen MR) is 108 cm³/mol. The van der Waals surface area contributed by atoms with Gasteiger partial charge in [-0.15, -0.1) is 11.8 Å². The monoisotopic (exact) mass is 389 g/mol. The van der Waals surface area contributed by atoms with E-state index in [9.17, 15) is 14.4 Å². The summed E-state index contributed by atoms with van der Waals surface area (Å²) in [5.41, 5.74) is 1.15. The van der Waals surface area contributed by atoms with Gasteiger partial charge >= 0.3 is 5.97 Å². The van der Waals surface area contributed by atoms with Crippen LogP contribution in [0.1, 0.15) is 44.1 Å². The number of aryl methyl sites for hydroxylation is 1. The van der Waals surface area contributed by atoms with E-state index in [0.717, 1.165) is 31.2 Å². The van der Waals surface area contributed by atoms with E-state index in [4.69, 9.17) is 5.11 Å². The number of carbonyl (C=O) groups excluding carboxylic acids is 2. The zero-order valence-corrected chi connectivity index (χ0v) is 16.3. The van der Waals surface area contributed by atoms with Crippen LogP contribution >= 0.6 is 11.8 Å². The number of aliphatic carboxylic acids is 1. The van der Waals surface area contributed by atoms with E-state index in [1.807, 2.05) is 41.3 Å². The Hall–Kier alpha value is -2.08. The lowest BCUT2D eigenvalue weighted by Gasteiger charge is -2.21.